The minimum Gasteiger partial charge on any atom is -0.485 e. The van der Waals surface area contributed by atoms with Crippen LogP contribution >= 0.6 is 11.3 Å². The van der Waals surface area contributed by atoms with Crippen molar-refractivity contribution in [3.05, 3.63) is 70.4 Å². The first-order valence-electron chi connectivity index (χ1n) is 7.78. The third-order valence-electron chi connectivity index (χ3n) is 3.38. The Balaban J connectivity index is 1.55. The number of benzene rings is 2. The molecule has 0 saturated heterocycles. The van der Waals surface area contributed by atoms with Gasteiger partial charge in [0.2, 0.25) is 5.78 Å². The quantitative estimate of drug-likeness (QED) is 0.448. The summed E-state index contributed by atoms with van der Waals surface area (Å²) in [7, 11) is 1.25. The summed E-state index contributed by atoms with van der Waals surface area (Å²) in [5.41, 5.74) is 0.0909. The first kappa shape index (κ1) is 18.5. The van der Waals surface area contributed by atoms with Gasteiger partial charge in [-0.3, -0.25) is 4.79 Å². The van der Waals surface area contributed by atoms with Crippen LogP contribution in [0.15, 0.2) is 53.9 Å². The minimum atomic E-state index is -0.594. The maximum Gasteiger partial charge on any atom is 0.357 e. The Kier molecular flexibility index (Phi) is 5.77. The van der Waals surface area contributed by atoms with Gasteiger partial charge in [-0.15, -0.1) is 11.3 Å². The molecule has 6 nitrogen and oxygen atoms in total. The van der Waals surface area contributed by atoms with E-state index in [4.69, 9.17) is 9.47 Å². The lowest BCUT2D eigenvalue weighted by molar-refractivity contribution is 0.0595. The van der Waals surface area contributed by atoms with Gasteiger partial charge in [0.15, 0.2) is 17.3 Å². The highest BCUT2D eigenvalue weighted by Gasteiger charge is 2.16. The van der Waals surface area contributed by atoms with Crippen molar-refractivity contribution in [3.63, 3.8) is 0 Å². The normalized spacial score (nSPS) is 10.3. The Morgan fingerprint density at radius 3 is 2.22 bits per heavy atom. The van der Waals surface area contributed by atoms with Crippen LogP contribution in [0.4, 0.5) is 4.39 Å². The molecule has 8 heteroatoms. The maximum absolute atomic E-state index is 12.9. The van der Waals surface area contributed by atoms with E-state index in [1.165, 1.54) is 36.8 Å². The minimum absolute atomic E-state index is 0.0909. The fraction of sp³-hybridized carbons (Fsp3) is 0.105. The largest absolute Gasteiger partial charge is 0.485 e. The zero-order valence-corrected chi connectivity index (χ0v) is 15.0. The second-order valence-electron chi connectivity index (χ2n) is 5.27. The molecule has 27 heavy (non-hydrogen) atoms. The molecule has 0 atom stereocenters. The number of ether oxygens (including phenoxy) is 3. The second kappa shape index (κ2) is 8.41. The standard InChI is InChI=1S/C19H14FNO5S/c1-24-19(23)16-11-27-18(21-16)17(22)10-25-13-6-8-15(9-7-13)26-14-4-2-12(20)3-5-14/h2-9,11H,10H2,1H3. The number of halogens is 1. The van der Waals surface area contributed by atoms with Crippen LogP contribution in [0.1, 0.15) is 20.3 Å². The van der Waals surface area contributed by atoms with E-state index >= 15 is 0 Å². The molecular weight excluding hydrogens is 373 g/mol. The van der Waals surface area contributed by atoms with E-state index in [1.807, 2.05) is 0 Å². The van der Waals surface area contributed by atoms with Gasteiger partial charge in [-0.2, -0.15) is 0 Å². The molecule has 138 valence electrons. The van der Waals surface area contributed by atoms with Crippen molar-refractivity contribution in [1.82, 2.24) is 4.98 Å². The molecule has 2 aromatic carbocycles. The molecular formula is C19H14FNO5S. The van der Waals surface area contributed by atoms with Gasteiger partial charge in [-0.1, -0.05) is 0 Å². The zero-order valence-electron chi connectivity index (χ0n) is 14.2. The number of carbonyl (C=O) groups is 2. The van der Waals surface area contributed by atoms with E-state index in [9.17, 15) is 14.0 Å². The Bertz CT molecular complexity index is 937. The molecule has 0 amide bonds. The average molecular weight is 387 g/mol. The van der Waals surface area contributed by atoms with Crippen LogP contribution in [0.2, 0.25) is 0 Å². The van der Waals surface area contributed by atoms with Crippen molar-refractivity contribution >= 4 is 23.1 Å². The van der Waals surface area contributed by atoms with Crippen molar-refractivity contribution in [2.75, 3.05) is 13.7 Å². The van der Waals surface area contributed by atoms with Crippen molar-refractivity contribution < 1.29 is 28.2 Å². The van der Waals surface area contributed by atoms with Crippen molar-refractivity contribution in [2.24, 2.45) is 0 Å². The molecule has 1 heterocycles. The summed E-state index contributed by atoms with van der Waals surface area (Å²) in [5, 5.41) is 1.63. The van der Waals surface area contributed by atoms with Gasteiger partial charge in [0, 0.05) is 5.38 Å². The average Bonchev–Trinajstić information content (AvgIpc) is 3.19. The fourth-order valence-corrected chi connectivity index (χ4v) is 2.77. The van der Waals surface area contributed by atoms with E-state index in [2.05, 4.69) is 9.72 Å². The van der Waals surface area contributed by atoms with Crippen molar-refractivity contribution in [1.29, 1.82) is 0 Å². The highest BCUT2D eigenvalue weighted by atomic mass is 32.1. The second-order valence-corrected chi connectivity index (χ2v) is 6.13. The smallest absolute Gasteiger partial charge is 0.357 e. The highest BCUT2D eigenvalue weighted by molar-refractivity contribution is 7.12. The van der Waals surface area contributed by atoms with Crippen molar-refractivity contribution in [3.8, 4) is 17.2 Å². The van der Waals surface area contributed by atoms with Crippen LogP contribution in [0.3, 0.4) is 0 Å². The first-order chi connectivity index (χ1) is 13.0. The number of ketones is 1. The van der Waals surface area contributed by atoms with E-state index in [1.54, 1.807) is 24.3 Å². The van der Waals surface area contributed by atoms with Gasteiger partial charge in [-0.05, 0) is 48.5 Å². The molecule has 0 spiro atoms. The molecule has 3 rings (SSSR count). The number of nitrogens with zero attached hydrogens (tertiary/aromatic N) is 1. The summed E-state index contributed by atoms with van der Waals surface area (Å²) >= 11 is 1.05. The molecule has 0 saturated carbocycles. The van der Waals surface area contributed by atoms with Gasteiger partial charge in [0.25, 0.3) is 0 Å². The Morgan fingerprint density at radius 1 is 1.00 bits per heavy atom. The summed E-state index contributed by atoms with van der Waals surface area (Å²) in [6, 6.07) is 12.3. The van der Waals surface area contributed by atoms with Crippen molar-refractivity contribution in [2.45, 2.75) is 0 Å². The van der Waals surface area contributed by atoms with Crippen LogP contribution in [0.5, 0.6) is 17.2 Å². The van der Waals surface area contributed by atoms with E-state index in [0.717, 1.165) is 11.3 Å². The molecule has 0 radical (unpaired) electrons. The summed E-state index contributed by atoms with van der Waals surface area (Å²) in [6.45, 7) is -0.216. The topological polar surface area (TPSA) is 74.7 Å². The van der Waals surface area contributed by atoms with Gasteiger partial charge in [0.05, 0.1) is 7.11 Å². The molecule has 0 N–H and O–H groups in total. The number of hydrogen-bond donors (Lipinski definition) is 0. The molecule has 0 bridgehead atoms. The molecule has 1 aromatic heterocycles. The predicted octanol–water partition coefficient (Wildman–Crippen LogP) is 4.12. The number of methoxy groups -OCH3 is 1. The monoisotopic (exact) mass is 387 g/mol. The third kappa shape index (κ3) is 4.89. The lowest BCUT2D eigenvalue weighted by Crippen LogP contribution is -2.12. The van der Waals surface area contributed by atoms with Gasteiger partial charge >= 0.3 is 5.97 Å². The van der Waals surface area contributed by atoms with E-state index in [0.29, 0.717) is 17.2 Å². The van der Waals surface area contributed by atoms with Crippen LogP contribution in [0.25, 0.3) is 0 Å². The van der Waals surface area contributed by atoms with E-state index in [-0.39, 0.29) is 28.9 Å². The third-order valence-corrected chi connectivity index (χ3v) is 4.26. The summed E-state index contributed by atoms with van der Waals surface area (Å²) in [6.07, 6.45) is 0. The SMILES string of the molecule is COC(=O)c1csc(C(=O)COc2ccc(Oc3ccc(F)cc3)cc2)n1. The Labute approximate surface area is 158 Å². The summed E-state index contributed by atoms with van der Waals surface area (Å²) in [4.78, 5) is 27.4. The van der Waals surface area contributed by atoms with Crippen LogP contribution in [-0.4, -0.2) is 30.5 Å². The first-order valence-corrected chi connectivity index (χ1v) is 8.66. The van der Waals surface area contributed by atoms with Gasteiger partial charge in [-0.25, -0.2) is 14.2 Å². The number of rotatable bonds is 7. The molecule has 0 aliphatic carbocycles. The number of hydrogen-bond acceptors (Lipinski definition) is 7. The molecule has 0 aliphatic heterocycles. The molecule has 0 unspecified atom stereocenters. The summed E-state index contributed by atoms with van der Waals surface area (Å²) in [5.74, 6) is 0.243. The van der Waals surface area contributed by atoms with Crippen LogP contribution in [-0.2, 0) is 4.74 Å². The Hall–Kier alpha value is -3.26. The van der Waals surface area contributed by atoms with Gasteiger partial charge < -0.3 is 14.2 Å². The number of thiazole rings is 1. The molecule has 3 aromatic rings. The lowest BCUT2D eigenvalue weighted by atomic mass is 10.3. The maximum atomic E-state index is 12.9. The lowest BCUT2D eigenvalue weighted by Gasteiger charge is -2.07. The van der Waals surface area contributed by atoms with Crippen LogP contribution in [0, 0.1) is 5.82 Å². The predicted molar refractivity (Wildman–Crippen MR) is 96.2 cm³/mol. The fourth-order valence-electron chi connectivity index (χ4n) is 2.05. The number of aromatic nitrogens is 1. The highest BCUT2D eigenvalue weighted by Crippen LogP contribution is 2.24. The number of Topliss-reactive ketones (excluding diaryl/α,β-unsaturated/α-hetero) is 1. The van der Waals surface area contributed by atoms with E-state index < -0.39 is 5.97 Å². The zero-order chi connectivity index (χ0) is 19.2. The number of esters is 1. The van der Waals surface area contributed by atoms with Gasteiger partial charge in [0.1, 0.15) is 23.1 Å². The Morgan fingerprint density at radius 2 is 1.59 bits per heavy atom. The number of carbonyl (C=O) groups excluding carboxylic acids is 2. The van der Waals surface area contributed by atoms with Crippen LogP contribution < -0.4 is 9.47 Å². The molecule has 0 aliphatic rings. The summed E-state index contributed by atoms with van der Waals surface area (Å²) < 4.78 is 28.4. The molecule has 0 fully saturated rings.